The first-order valence-electron chi connectivity index (χ1n) is 9.64. The summed E-state index contributed by atoms with van der Waals surface area (Å²) in [5.41, 5.74) is 6.13. The number of rotatable bonds is 3. The molecule has 3 heterocycles. The van der Waals surface area contributed by atoms with Gasteiger partial charge in [-0.2, -0.15) is 0 Å². The quantitative estimate of drug-likeness (QED) is 0.601. The topological polar surface area (TPSA) is 56.8 Å². The van der Waals surface area contributed by atoms with Crippen molar-refractivity contribution in [3.63, 3.8) is 0 Å². The fourth-order valence-electron chi connectivity index (χ4n) is 4.26. The summed E-state index contributed by atoms with van der Waals surface area (Å²) in [6.45, 7) is 1.97. The summed E-state index contributed by atoms with van der Waals surface area (Å²) in [5, 5.41) is 3.45. The van der Waals surface area contributed by atoms with Crippen LogP contribution in [0.3, 0.4) is 0 Å². The minimum Gasteiger partial charge on any atom is -0.326 e. The molecule has 0 aliphatic carbocycles. The largest absolute Gasteiger partial charge is 0.328 e. The van der Waals surface area contributed by atoms with E-state index in [4.69, 9.17) is 4.98 Å². The molecule has 1 atom stereocenters. The Balaban J connectivity index is 1.76. The van der Waals surface area contributed by atoms with Crippen LogP contribution in [0.15, 0.2) is 59.7 Å². The Bertz CT molecular complexity index is 1210. The van der Waals surface area contributed by atoms with Crippen molar-refractivity contribution in [2.45, 2.75) is 12.5 Å². The van der Waals surface area contributed by atoms with Crippen molar-refractivity contribution in [3.8, 4) is 22.5 Å². The van der Waals surface area contributed by atoms with Crippen LogP contribution in [0.4, 0.5) is 0 Å². The van der Waals surface area contributed by atoms with Gasteiger partial charge in [0.25, 0.3) is 0 Å². The highest BCUT2D eigenvalue weighted by Crippen LogP contribution is 2.35. The normalized spacial score (nSPS) is 16.9. The van der Waals surface area contributed by atoms with E-state index in [0.717, 1.165) is 53.1 Å². The Hall–Kier alpha value is -3.12. The van der Waals surface area contributed by atoms with Crippen LogP contribution in [-0.4, -0.2) is 31.8 Å². The van der Waals surface area contributed by atoms with E-state index < -0.39 is 0 Å². The van der Waals surface area contributed by atoms with Crippen LogP contribution in [0.25, 0.3) is 33.5 Å². The van der Waals surface area contributed by atoms with Gasteiger partial charge < -0.3 is 9.88 Å². The van der Waals surface area contributed by atoms with Gasteiger partial charge in [-0.05, 0) is 25.1 Å². The molecular formula is C22H23N5O. The molecule has 1 saturated heterocycles. The molecule has 0 spiro atoms. The third-order valence-corrected chi connectivity index (χ3v) is 5.81. The van der Waals surface area contributed by atoms with E-state index >= 15 is 0 Å². The number of benzene rings is 2. The summed E-state index contributed by atoms with van der Waals surface area (Å²) in [6, 6.07) is 16.9. The molecule has 6 nitrogen and oxygen atoms in total. The predicted octanol–water partition coefficient (Wildman–Crippen LogP) is 2.94. The van der Waals surface area contributed by atoms with Crippen LogP contribution in [0.1, 0.15) is 12.5 Å². The molecule has 0 saturated carbocycles. The summed E-state index contributed by atoms with van der Waals surface area (Å²) in [6.07, 6.45) is 3.05. The molecule has 0 amide bonds. The number of fused-ring (bicyclic) bond motifs is 1. The van der Waals surface area contributed by atoms with Crippen LogP contribution >= 0.6 is 0 Å². The van der Waals surface area contributed by atoms with Crippen molar-refractivity contribution in [2.75, 3.05) is 13.1 Å². The van der Waals surface area contributed by atoms with Gasteiger partial charge in [0.05, 0.1) is 28.7 Å². The SMILES string of the molecule is Cn1c(=O)n(C)c2cc(-c3c(-c4ccccc4)ncn3[C@@H]3CCNC3)ccc21. The first-order valence-corrected chi connectivity index (χ1v) is 9.64. The summed E-state index contributed by atoms with van der Waals surface area (Å²) in [5.74, 6) is 0. The molecule has 1 N–H and O–H groups in total. The zero-order valence-electron chi connectivity index (χ0n) is 16.1. The minimum absolute atomic E-state index is 0.0102. The second kappa shape index (κ2) is 6.49. The molecule has 1 fully saturated rings. The average Bonchev–Trinajstić information content (AvgIpc) is 3.45. The number of imidazole rings is 2. The Morgan fingerprint density at radius 3 is 2.54 bits per heavy atom. The van der Waals surface area contributed by atoms with Gasteiger partial charge in [-0.25, -0.2) is 9.78 Å². The summed E-state index contributed by atoms with van der Waals surface area (Å²) < 4.78 is 5.69. The Labute approximate surface area is 163 Å². The van der Waals surface area contributed by atoms with Gasteiger partial charge in [0, 0.05) is 37.8 Å². The van der Waals surface area contributed by atoms with Gasteiger partial charge in [0.1, 0.15) is 0 Å². The molecule has 2 aromatic carbocycles. The lowest BCUT2D eigenvalue weighted by molar-refractivity contribution is 0.551. The highest BCUT2D eigenvalue weighted by Gasteiger charge is 2.23. The number of nitrogens with zero attached hydrogens (tertiary/aromatic N) is 4. The molecule has 1 aliphatic heterocycles. The van der Waals surface area contributed by atoms with Gasteiger partial charge in [0.15, 0.2) is 0 Å². The van der Waals surface area contributed by atoms with E-state index in [0.29, 0.717) is 6.04 Å². The van der Waals surface area contributed by atoms with Gasteiger partial charge >= 0.3 is 5.69 Å². The van der Waals surface area contributed by atoms with Crippen molar-refractivity contribution in [3.05, 3.63) is 65.3 Å². The van der Waals surface area contributed by atoms with Crippen LogP contribution < -0.4 is 11.0 Å². The molecule has 5 rings (SSSR count). The molecule has 2 aromatic heterocycles. The molecule has 28 heavy (non-hydrogen) atoms. The highest BCUT2D eigenvalue weighted by atomic mass is 16.1. The number of nitrogens with one attached hydrogen (secondary N) is 1. The molecular weight excluding hydrogens is 350 g/mol. The van der Waals surface area contributed by atoms with Crippen molar-refractivity contribution in [1.82, 2.24) is 24.0 Å². The molecule has 1 aliphatic rings. The van der Waals surface area contributed by atoms with Crippen molar-refractivity contribution >= 4 is 11.0 Å². The van der Waals surface area contributed by atoms with Crippen LogP contribution in [-0.2, 0) is 14.1 Å². The molecule has 4 aromatic rings. The molecule has 0 unspecified atom stereocenters. The van der Waals surface area contributed by atoms with Crippen molar-refractivity contribution in [2.24, 2.45) is 14.1 Å². The maximum atomic E-state index is 12.4. The molecule has 142 valence electrons. The van der Waals surface area contributed by atoms with Crippen LogP contribution in [0.2, 0.25) is 0 Å². The van der Waals surface area contributed by atoms with Crippen LogP contribution in [0, 0.1) is 0 Å². The lowest BCUT2D eigenvalue weighted by atomic mass is 10.0. The zero-order chi connectivity index (χ0) is 19.3. The maximum absolute atomic E-state index is 12.4. The van der Waals surface area contributed by atoms with Gasteiger partial charge in [-0.15, -0.1) is 0 Å². The van der Waals surface area contributed by atoms with E-state index in [2.05, 4.69) is 34.1 Å². The van der Waals surface area contributed by atoms with E-state index in [-0.39, 0.29) is 5.69 Å². The summed E-state index contributed by atoms with van der Waals surface area (Å²) in [4.78, 5) is 17.1. The summed E-state index contributed by atoms with van der Waals surface area (Å²) >= 11 is 0. The predicted molar refractivity (Wildman–Crippen MR) is 111 cm³/mol. The van der Waals surface area contributed by atoms with E-state index in [9.17, 15) is 4.79 Å². The number of hydrogen-bond donors (Lipinski definition) is 1. The maximum Gasteiger partial charge on any atom is 0.328 e. The first kappa shape index (κ1) is 17.0. The highest BCUT2D eigenvalue weighted by molar-refractivity contribution is 5.86. The molecule has 6 heteroatoms. The first-order chi connectivity index (χ1) is 13.6. The fraction of sp³-hybridized carbons (Fsp3) is 0.273. The molecule has 0 radical (unpaired) electrons. The van der Waals surface area contributed by atoms with Gasteiger partial charge in [0.2, 0.25) is 0 Å². The monoisotopic (exact) mass is 373 g/mol. The average molecular weight is 373 g/mol. The minimum atomic E-state index is -0.0102. The standard InChI is InChI=1S/C22H23N5O/c1-25-18-9-8-16(12-19(18)26(2)22(25)28)21-20(15-6-4-3-5-7-15)24-14-27(21)17-10-11-23-13-17/h3-9,12,14,17,23H,10-11,13H2,1-2H3/t17-/m1/s1. The van der Waals surface area contributed by atoms with Crippen LogP contribution in [0.5, 0.6) is 0 Å². The fourth-order valence-corrected chi connectivity index (χ4v) is 4.26. The Morgan fingerprint density at radius 2 is 1.79 bits per heavy atom. The lowest BCUT2D eigenvalue weighted by Crippen LogP contribution is -2.19. The number of aryl methyl sites for hydroxylation is 2. The third-order valence-electron chi connectivity index (χ3n) is 5.81. The smallest absolute Gasteiger partial charge is 0.326 e. The van der Waals surface area contributed by atoms with E-state index in [1.165, 1.54) is 0 Å². The van der Waals surface area contributed by atoms with Gasteiger partial charge in [-0.3, -0.25) is 9.13 Å². The van der Waals surface area contributed by atoms with E-state index in [1.54, 1.807) is 9.13 Å². The lowest BCUT2D eigenvalue weighted by Gasteiger charge is -2.16. The number of hydrogen-bond acceptors (Lipinski definition) is 3. The Kier molecular flexibility index (Phi) is 3.94. The molecule has 0 bridgehead atoms. The Morgan fingerprint density at radius 1 is 1.00 bits per heavy atom. The third kappa shape index (κ3) is 2.52. The second-order valence-corrected chi connectivity index (χ2v) is 7.47. The zero-order valence-corrected chi connectivity index (χ0v) is 16.1. The van der Waals surface area contributed by atoms with E-state index in [1.807, 2.05) is 44.7 Å². The van der Waals surface area contributed by atoms with Gasteiger partial charge in [-0.1, -0.05) is 36.4 Å². The number of aromatic nitrogens is 4. The van der Waals surface area contributed by atoms with Crippen molar-refractivity contribution < 1.29 is 0 Å². The second-order valence-electron chi connectivity index (χ2n) is 7.47. The van der Waals surface area contributed by atoms with Crippen molar-refractivity contribution in [1.29, 1.82) is 0 Å². The summed E-state index contributed by atoms with van der Waals surface area (Å²) in [7, 11) is 3.64.